The minimum absolute atomic E-state index is 0.0981. The summed E-state index contributed by atoms with van der Waals surface area (Å²) in [5, 5.41) is 6.08. The van der Waals surface area contributed by atoms with Crippen molar-refractivity contribution in [2.24, 2.45) is 0 Å². The number of pyridine rings is 1. The van der Waals surface area contributed by atoms with Gasteiger partial charge in [0.15, 0.2) is 0 Å². The Bertz CT molecular complexity index is 1190. The summed E-state index contributed by atoms with van der Waals surface area (Å²) in [5.41, 5.74) is 8.11. The number of carbonyl (C=O) groups is 1. The first-order valence-electron chi connectivity index (χ1n) is 9.76. The predicted octanol–water partition coefficient (Wildman–Crippen LogP) is 4.77. The molecule has 2 N–H and O–H groups in total. The van der Waals surface area contributed by atoms with Gasteiger partial charge in [0.2, 0.25) is 0 Å². The van der Waals surface area contributed by atoms with Gasteiger partial charge in [-0.1, -0.05) is 24.3 Å². The van der Waals surface area contributed by atoms with E-state index >= 15 is 0 Å². The Morgan fingerprint density at radius 3 is 2.69 bits per heavy atom. The maximum Gasteiger partial charge on any atom is 0.251 e. The first kappa shape index (κ1) is 18.7. The van der Waals surface area contributed by atoms with Gasteiger partial charge in [-0.15, -0.1) is 0 Å². The van der Waals surface area contributed by atoms with E-state index in [0.717, 1.165) is 34.7 Å². The highest BCUT2D eigenvalue weighted by molar-refractivity contribution is 5.95. The van der Waals surface area contributed by atoms with Gasteiger partial charge in [0, 0.05) is 36.6 Å². The van der Waals surface area contributed by atoms with Crippen molar-refractivity contribution < 1.29 is 4.79 Å². The van der Waals surface area contributed by atoms with E-state index in [1.807, 2.05) is 36.7 Å². The molecule has 0 saturated carbocycles. The van der Waals surface area contributed by atoms with Gasteiger partial charge in [0.25, 0.3) is 5.91 Å². The van der Waals surface area contributed by atoms with Crippen LogP contribution in [0.1, 0.15) is 22.8 Å². The molecule has 0 radical (unpaired) electrons. The van der Waals surface area contributed by atoms with Crippen molar-refractivity contribution in [3.05, 3.63) is 78.1 Å². The van der Waals surface area contributed by atoms with Crippen LogP contribution >= 0.6 is 0 Å². The first-order valence-corrected chi connectivity index (χ1v) is 9.76. The van der Waals surface area contributed by atoms with Crippen LogP contribution in [0.4, 0.5) is 5.69 Å². The minimum Gasteiger partial charge on any atom is -0.385 e. The first-order chi connectivity index (χ1) is 14.1. The van der Waals surface area contributed by atoms with Crippen molar-refractivity contribution in [3.8, 4) is 22.4 Å². The lowest BCUT2D eigenvalue weighted by Gasteiger charge is -2.13. The summed E-state index contributed by atoms with van der Waals surface area (Å²) in [6.45, 7) is 5.13. The summed E-state index contributed by atoms with van der Waals surface area (Å²) in [6, 6.07) is 18.1. The van der Waals surface area contributed by atoms with Crippen molar-refractivity contribution in [1.82, 2.24) is 14.7 Å². The van der Waals surface area contributed by atoms with E-state index in [-0.39, 0.29) is 5.91 Å². The minimum atomic E-state index is -0.0981. The lowest BCUT2D eigenvalue weighted by Crippen LogP contribution is -2.17. The predicted molar refractivity (Wildman–Crippen MR) is 118 cm³/mol. The van der Waals surface area contributed by atoms with Crippen LogP contribution < -0.4 is 10.6 Å². The molecule has 0 aliphatic heterocycles. The Hall–Kier alpha value is -3.60. The largest absolute Gasteiger partial charge is 0.385 e. The Morgan fingerprint density at radius 1 is 1.07 bits per heavy atom. The fourth-order valence-corrected chi connectivity index (χ4v) is 3.66. The van der Waals surface area contributed by atoms with E-state index in [0.29, 0.717) is 5.56 Å². The number of nitrogens with one attached hydrogen (secondary N) is 2. The van der Waals surface area contributed by atoms with Crippen molar-refractivity contribution in [1.29, 1.82) is 0 Å². The van der Waals surface area contributed by atoms with Crippen LogP contribution in [0, 0.1) is 6.92 Å². The number of benzene rings is 2. The Kier molecular flexibility index (Phi) is 5.04. The molecule has 2 aromatic heterocycles. The third-order valence-electron chi connectivity index (χ3n) is 5.17. The van der Waals surface area contributed by atoms with Crippen molar-refractivity contribution in [2.75, 3.05) is 18.9 Å². The van der Waals surface area contributed by atoms with Gasteiger partial charge < -0.3 is 10.6 Å². The smallest absolute Gasteiger partial charge is 0.251 e. The molecule has 2 heterocycles. The second-order valence-electron chi connectivity index (χ2n) is 6.96. The summed E-state index contributed by atoms with van der Waals surface area (Å²) in [6.07, 6.45) is 3.89. The van der Waals surface area contributed by atoms with Gasteiger partial charge in [0.05, 0.1) is 11.9 Å². The SMILES string of the molecule is CCNc1cccc(-c2ccn3c(-c4cccc(C(=O)NC)c4)cnc3c2)c1C. The zero-order valence-corrected chi connectivity index (χ0v) is 16.9. The lowest BCUT2D eigenvalue weighted by atomic mass is 10.00. The van der Waals surface area contributed by atoms with Gasteiger partial charge in [-0.3, -0.25) is 9.20 Å². The van der Waals surface area contributed by atoms with Crippen LogP contribution in [0.2, 0.25) is 0 Å². The zero-order chi connectivity index (χ0) is 20.4. The molecule has 1 amide bonds. The number of hydrogen-bond donors (Lipinski definition) is 2. The fraction of sp³-hybridized carbons (Fsp3) is 0.167. The highest BCUT2D eigenvalue weighted by Crippen LogP contribution is 2.30. The van der Waals surface area contributed by atoms with Crippen LogP contribution in [0.25, 0.3) is 28.0 Å². The molecular weight excluding hydrogens is 360 g/mol. The standard InChI is InChI=1S/C24H24N4O/c1-4-26-21-10-6-9-20(16(21)2)17-11-12-28-22(15-27-23(28)14-17)18-7-5-8-19(13-18)24(29)25-3/h5-15,26H,4H2,1-3H3,(H,25,29). The highest BCUT2D eigenvalue weighted by atomic mass is 16.1. The number of fused-ring (bicyclic) bond motifs is 1. The normalized spacial score (nSPS) is 10.9. The number of imidazole rings is 1. The van der Waals surface area contributed by atoms with Crippen molar-refractivity contribution in [3.63, 3.8) is 0 Å². The van der Waals surface area contributed by atoms with Gasteiger partial charge >= 0.3 is 0 Å². The van der Waals surface area contributed by atoms with Gasteiger partial charge in [0.1, 0.15) is 5.65 Å². The molecule has 0 atom stereocenters. The van der Waals surface area contributed by atoms with E-state index in [2.05, 4.69) is 64.2 Å². The van der Waals surface area contributed by atoms with Crippen LogP contribution in [-0.2, 0) is 0 Å². The molecule has 4 rings (SSSR count). The highest BCUT2D eigenvalue weighted by Gasteiger charge is 2.11. The van der Waals surface area contributed by atoms with E-state index in [1.54, 1.807) is 7.05 Å². The van der Waals surface area contributed by atoms with Crippen molar-refractivity contribution in [2.45, 2.75) is 13.8 Å². The van der Waals surface area contributed by atoms with Crippen LogP contribution in [0.15, 0.2) is 67.0 Å². The summed E-state index contributed by atoms with van der Waals surface area (Å²) >= 11 is 0. The Labute approximate surface area is 170 Å². The summed E-state index contributed by atoms with van der Waals surface area (Å²) < 4.78 is 2.05. The second-order valence-corrected chi connectivity index (χ2v) is 6.96. The van der Waals surface area contributed by atoms with E-state index in [9.17, 15) is 4.79 Å². The summed E-state index contributed by atoms with van der Waals surface area (Å²) in [7, 11) is 1.64. The fourth-order valence-electron chi connectivity index (χ4n) is 3.66. The monoisotopic (exact) mass is 384 g/mol. The van der Waals surface area contributed by atoms with Crippen LogP contribution in [0.3, 0.4) is 0 Å². The molecule has 5 nitrogen and oxygen atoms in total. The van der Waals surface area contributed by atoms with Gasteiger partial charge in [-0.05, 0) is 60.9 Å². The molecule has 0 spiro atoms. The number of aromatic nitrogens is 2. The number of carbonyl (C=O) groups excluding carboxylic acids is 1. The van der Waals surface area contributed by atoms with Crippen LogP contribution in [0.5, 0.6) is 0 Å². The molecule has 146 valence electrons. The molecule has 0 saturated heterocycles. The average molecular weight is 384 g/mol. The summed E-state index contributed by atoms with van der Waals surface area (Å²) in [4.78, 5) is 16.6. The average Bonchev–Trinajstić information content (AvgIpc) is 3.18. The van der Waals surface area contributed by atoms with E-state index in [1.165, 1.54) is 11.1 Å². The molecule has 29 heavy (non-hydrogen) atoms. The zero-order valence-electron chi connectivity index (χ0n) is 16.9. The number of anilines is 1. The number of hydrogen-bond acceptors (Lipinski definition) is 3. The Balaban J connectivity index is 1.76. The molecule has 5 heteroatoms. The van der Waals surface area contributed by atoms with Gasteiger partial charge in [-0.25, -0.2) is 4.98 Å². The number of rotatable bonds is 5. The molecule has 0 fully saturated rings. The lowest BCUT2D eigenvalue weighted by molar-refractivity contribution is 0.0963. The quantitative estimate of drug-likeness (QED) is 0.521. The Morgan fingerprint density at radius 2 is 1.90 bits per heavy atom. The number of nitrogens with zero attached hydrogens (tertiary/aromatic N) is 2. The topological polar surface area (TPSA) is 58.4 Å². The maximum atomic E-state index is 12.0. The number of amides is 1. The third-order valence-corrected chi connectivity index (χ3v) is 5.17. The molecule has 0 aliphatic carbocycles. The van der Waals surface area contributed by atoms with Crippen LogP contribution in [-0.4, -0.2) is 28.9 Å². The molecule has 0 bridgehead atoms. The molecule has 0 unspecified atom stereocenters. The van der Waals surface area contributed by atoms with E-state index < -0.39 is 0 Å². The second kappa shape index (κ2) is 7.80. The molecule has 4 aromatic rings. The van der Waals surface area contributed by atoms with Gasteiger partial charge in [-0.2, -0.15) is 0 Å². The molecule has 2 aromatic carbocycles. The van der Waals surface area contributed by atoms with E-state index in [4.69, 9.17) is 0 Å². The summed E-state index contributed by atoms with van der Waals surface area (Å²) in [5.74, 6) is -0.0981. The maximum absolute atomic E-state index is 12.0. The van der Waals surface area contributed by atoms with Crippen molar-refractivity contribution >= 4 is 17.2 Å². The molecule has 0 aliphatic rings. The molecular formula is C24H24N4O. The third kappa shape index (κ3) is 3.47.